The van der Waals surface area contributed by atoms with Crippen LogP contribution >= 0.6 is 28.1 Å². The second kappa shape index (κ2) is 4.03. The third kappa shape index (κ3) is 1.53. The van der Waals surface area contributed by atoms with Crippen molar-refractivity contribution < 1.29 is 9.53 Å². The van der Waals surface area contributed by atoms with Gasteiger partial charge in [0.1, 0.15) is 0 Å². The van der Waals surface area contributed by atoms with Gasteiger partial charge >= 0.3 is 5.97 Å². The fourth-order valence-corrected chi connectivity index (χ4v) is 3.50. The van der Waals surface area contributed by atoms with E-state index < -0.39 is 0 Å². The van der Waals surface area contributed by atoms with Crippen molar-refractivity contribution in [3.05, 3.63) is 28.2 Å². The van der Waals surface area contributed by atoms with Crippen molar-refractivity contribution >= 4 is 44.8 Å². The summed E-state index contributed by atoms with van der Waals surface area (Å²) in [4.78, 5) is 12.6. The minimum atomic E-state index is -0.319. The summed E-state index contributed by atoms with van der Waals surface area (Å²) in [6.07, 6.45) is 0.751. The molecule has 1 fully saturated rings. The Labute approximate surface area is 119 Å². The minimum Gasteiger partial charge on any atom is -0.466 e. The summed E-state index contributed by atoms with van der Waals surface area (Å²) in [6.45, 7) is 2.24. The predicted octanol–water partition coefficient (Wildman–Crippen LogP) is 3.02. The maximum atomic E-state index is 11.9. The van der Waals surface area contributed by atoms with Crippen molar-refractivity contribution in [1.82, 2.24) is 0 Å². The summed E-state index contributed by atoms with van der Waals surface area (Å²) in [5.41, 5.74) is 1.80. The van der Waals surface area contributed by atoms with E-state index in [1.807, 2.05) is 25.1 Å². The van der Waals surface area contributed by atoms with Crippen molar-refractivity contribution in [3.63, 3.8) is 0 Å². The Morgan fingerprint density at radius 3 is 3.17 bits per heavy atom. The van der Waals surface area contributed by atoms with Gasteiger partial charge in [-0.25, -0.2) is 0 Å². The lowest BCUT2D eigenvalue weighted by molar-refractivity contribution is -0.144. The number of carbonyl (C=O) groups excluding carboxylic acids is 1. The number of hydrogen-bond acceptors (Lipinski definition) is 3. The van der Waals surface area contributed by atoms with Crippen LogP contribution < -0.4 is 5.32 Å². The number of nitrogens with one attached hydrogen (secondary N) is 1. The molecule has 0 radical (unpaired) electrons. The molecule has 1 heterocycles. The van der Waals surface area contributed by atoms with Crippen LogP contribution in [0.15, 0.2) is 22.7 Å². The lowest BCUT2D eigenvalue weighted by Crippen LogP contribution is -2.23. The third-order valence-electron chi connectivity index (χ3n) is 3.65. The van der Waals surface area contributed by atoms with Gasteiger partial charge in [-0.05, 0) is 37.1 Å². The van der Waals surface area contributed by atoms with Crippen LogP contribution in [0.3, 0.4) is 0 Å². The van der Waals surface area contributed by atoms with Crippen LogP contribution in [-0.4, -0.2) is 17.6 Å². The Balaban J connectivity index is 1.99. The van der Waals surface area contributed by atoms with Crippen molar-refractivity contribution in [2.75, 3.05) is 11.9 Å². The number of benzene rings is 1. The molecular formula is C13H12BrNO2S. The normalized spacial score (nSPS) is 27.9. The zero-order valence-corrected chi connectivity index (χ0v) is 12.2. The summed E-state index contributed by atoms with van der Waals surface area (Å²) in [6, 6.07) is 6.00. The number of carbonyl (C=O) groups is 1. The highest BCUT2D eigenvalue weighted by molar-refractivity contribution is 9.10. The number of ether oxygens (including phenoxy) is 1. The molecule has 3 nitrogen and oxygen atoms in total. The van der Waals surface area contributed by atoms with E-state index in [-0.39, 0.29) is 17.3 Å². The fourth-order valence-electron chi connectivity index (χ4n) is 2.69. The van der Waals surface area contributed by atoms with Gasteiger partial charge < -0.3 is 10.1 Å². The van der Waals surface area contributed by atoms with E-state index >= 15 is 0 Å². The molecule has 1 aromatic rings. The first kappa shape index (κ1) is 12.1. The summed E-state index contributed by atoms with van der Waals surface area (Å²) >= 11 is 8.88. The van der Waals surface area contributed by atoms with Crippen molar-refractivity contribution in [2.24, 2.45) is 5.92 Å². The standard InChI is InChI=1S/C13H12BrNO2S/c1-2-17-11(16)9-6-13(9)8-5-7(14)3-4-10(8)15-12(13)18/h3-5,9H,2,6H2,1H3,(H,15,18)/t9-,13-/m1/s1. The molecule has 1 spiro atoms. The molecular weight excluding hydrogens is 314 g/mol. The Morgan fingerprint density at radius 1 is 1.67 bits per heavy atom. The number of rotatable bonds is 2. The molecule has 3 rings (SSSR count). The highest BCUT2D eigenvalue weighted by atomic mass is 79.9. The van der Waals surface area contributed by atoms with Crippen molar-refractivity contribution in [1.29, 1.82) is 0 Å². The molecule has 2 aliphatic rings. The zero-order valence-electron chi connectivity index (χ0n) is 9.83. The monoisotopic (exact) mass is 325 g/mol. The van der Waals surface area contributed by atoms with Crippen molar-refractivity contribution in [2.45, 2.75) is 18.8 Å². The second-order valence-corrected chi connectivity index (χ2v) is 5.95. The molecule has 18 heavy (non-hydrogen) atoms. The molecule has 1 aliphatic carbocycles. The third-order valence-corrected chi connectivity index (χ3v) is 4.61. The Kier molecular flexibility index (Phi) is 2.71. The average molecular weight is 326 g/mol. The van der Waals surface area contributed by atoms with Crippen LogP contribution in [0.5, 0.6) is 0 Å². The van der Waals surface area contributed by atoms with Gasteiger partial charge in [-0.3, -0.25) is 4.79 Å². The molecule has 2 atom stereocenters. The molecule has 0 unspecified atom stereocenters. The van der Waals surface area contributed by atoms with Crippen molar-refractivity contribution in [3.8, 4) is 0 Å². The highest BCUT2D eigenvalue weighted by Crippen LogP contribution is 2.61. The molecule has 94 valence electrons. The average Bonchev–Trinajstić information content (AvgIpc) is 3.02. The SMILES string of the molecule is CCOC(=O)[C@H]1C[C@]12C(=S)Nc1ccc(Br)cc12. The van der Waals surface area contributed by atoms with Gasteiger partial charge in [0.2, 0.25) is 0 Å². The number of esters is 1. The number of thiocarbonyl (C=S) groups is 1. The Morgan fingerprint density at radius 2 is 2.44 bits per heavy atom. The maximum Gasteiger partial charge on any atom is 0.310 e. The first-order chi connectivity index (χ1) is 8.59. The van der Waals surface area contributed by atoms with E-state index in [1.165, 1.54) is 0 Å². The lowest BCUT2D eigenvalue weighted by atomic mass is 9.95. The maximum absolute atomic E-state index is 11.9. The second-order valence-electron chi connectivity index (χ2n) is 4.62. The van der Waals surface area contributed by atoms with Gasteiger partial charge in [0.25, 0.3) is 0 Å². The Bertz CT molecular complexity index is 560. The summed E-state index contributed by atoms with van der Waals surface area (Å²) in [5, 5.41) is 3.21. The quantitative estimate of drug-likeness (QED) is 0.670. The molecule has 0 saturated heterocycles. The molecule has 1 aliphatic heterocycles. The van der Waals surface area contributed by atoms with Gasteiger partial charge in [-0.15, -0.1) is 0 Å². The fraction of sp³-hybridized carbons (Fsp3) is 0.385. The van der Waals surface area contributed by atoms with Gasteiger partial charge in [-0.1, -0.05) is 28.1 Å². The van der Waals surface area contributed by atoms with Crippen LogP contribution in [0.25, 0.3) is 0 Å². The molecule has 1 aromatic carbocycles. The summed E-state index contributed by atoms with van der Waals surface area (Å²) in [7, 11) is 0. The molecule has 0 aromatic heterocycles. The first-order valence-electron chi connectivity index (χ1n) is 5.87. The summed E-state index contributed by atoms with van der Waals surface area (Å²) in [5.74, 6) is -0.275. The van der Waals surface area contributed by atoms with E-state index in [0.717, 1.165) is 27.1 Å². The van der Waals surface area contributed by atoms with Crippen LogP contribution in [0.4, 0.5) is 5.69 Å². The minimum absolute atomic E-state index is 0.131. The molecule has 5 heteroatoms. The van der Waals surface area contributed by atoms with E-state index in [9.17, 15) is 4.79 Å². The zero-order chi connectivity index (χ0) is 12.9. The van der Waals surface area contributed by atoms with Gasteiger partial charge in [-0.2, -0.15) is 0 Å². The number of hydrogen-bond donors (Lipinski definition) is 1. The largest absolute Gasteiger partial charge is 0.466 e. The predicted molar refractivity (Wildman–Crippen MR) is 76.8 cm³/mol. The van der Waals surface area contributed by atoms with Gasteiger partial charge in [0.05, 0.1) is 22.9 Å². The number of fused-ring (bicyclic) bond motifs is 2. The molecule has 0 amide bonds. The summed E-state index contributed by atoms with van der Waals surface area (Å²) < 4.78 is 6.11. The van der Waals surface area contributed by atoms with E-state index in [1.54, 1.807) is 0 Å². The topological polar surface area (TPSA) is 38.3 Å². The van der Waals surface area contributed by atoms with Gasteiger partial charge in [0, 0.05) is 10.2 Å². The van der Waals surface area contributed by atoms with Crippen LogP contribution in [0.1, 0.15) is 18.9 Å². The number of halogens is 1. The van der Waals surface area contributed by atoms with Crippen LogP contribution in [0.2, 0.25) is 0 Å². The van der Waals surface area contributed by atoms with Crippen LogP contribution in [-0.2, 0) is 14.9 Å². The highest BCUT2D eigenvalue weighted by Gasteiger charge is 2.66. The lowest BCUT2D eigenvalue weighted by Gasteiger charge is -2.10. The molecule has 0 bridgehead atoms. The van der Waals surface area contributed by atoms with E-state index in [0.29, 0.717) is 6.61 Å². The Hall–Kier alpha value is -0.940. The first-order valence-corrected chi connectivity index (χ1v) is 7.08. The van der Waals surface area contributed by atoms with E-state index in [2.05, 4.69) is 21.2 Å². The van der Waals surface area contributed by atoms with Gasteiger partial charge in [0.15, 0.2) is 0 Å². The molecule has 1 saturated carbocycles. The molecule has 1 N–H and O–H groups in total. The van der Waals surface area contributed by atoms with Crippen LogP contribution in [0, 0.1) is 5.92 Å². The smallest absolute Gasteiger partial charge is 0.310 e. The van der Waals surface area contributed by atoms with E-state index in [4.69, 9.17) is 17.0 Å². The number of anilines is 1.